The zero-order chi connectivity index (χ0) is 11.3. The lowest BCUT2D eigenvalue weighted by atomic mass is 9.99. The molecule has 1 saturated heterocycles. The molecule has 0 bridgehead atoms. The maximum atomic E-state index is 5.73. The second kappa shape index (κ2) is 6.77. The summed E-state index contributed by atoms with van der Waals surface area (Å²) in [7, 11) is 0. The quantitative estimate of drug-likeness (QED) is 0.786. The Morgan fingerprint density at radius 3 is 2.47 bits per heavy atom. The van der Waals surface area contributed by atoms with Crippen molar-refractivity contribution in [1.29, 1.82) is 0 Å². The molecule has 1 rings (SSSR count). The van der Waals surface area contributed by atoms with E-state index in [0.29, 0.717) is 24.3 Å². The molecule has 3 unspecified atom stereocenters. The fourth-order valence-electron chi connectivity index (χ4n) is 2.32. The lowest BCUT2D eigenvalue weighted by Crippen LogP contribution is -2.44. The van der Waals surface area contributed by atoms with Crippen molar-refractivity contribution in [2.45, 2.75) is 64.3 Å². The highest BCUT2D eigenvalue weighted by Gasteiger charge is 2.24. The lowest BCUT2D eigenvalue weighted by Gasteiger charge is -2.34. The monoisotopic (exact) mass is 231 g/mol. The van der Waals surface area contributed by atoms with Crippen molar-refractivity contribution in [2.24, 2.45) is 0 Å². The van der Waals surface area contributed by atoms with Crippen molar-refractivity contribution in [1.82, 2.24) is 5.32 Å². The summed E-state index contributed by atoms with van der Waals surface area (Å²) in [6.07, 6.45) is 6.59. The van der Waals surface area contributed by atoms with E-state index in [-0.39, 0.29) is 0 Å². The minimum atomic E-state index is 0.416. The molecule has 1 aliphatic rings. The minimum absolute atomic E-state index is 0.416. The van der Waals surface area contributed by atoms with Crippen molar-refractivity contribution in [3.8, 4) is 0 Å². The van der Waals surface area contributed by atoms with Gasteiger partial charge in [-0.2, -0.15) is 11.8 Å². The zero-order valence-corrected chi connectivity index (χ0v) is 11.3. The summed E-state index contributed by atoms with van der Waals surface area (Å²) in [6.45, 7) is 6.65. The molecule has 2 nitrogen and oxygen atoms in total. The van der Waals surface area contributed by atoms with Crippen molar-refractivity contribution >= 4 is 11.8 Å². The third-order valence-electron chi connectivity index (χ3n) is 2.97. The molecule has 90 valence electrons. The number of hydrogen-bond donors (Lipinski definition) is 1. The van der Waals surface area contributed by atoms with E-state index in [1.54, 1.807) is 0 Å². The molecule has 0 aromatic heterocycles. The summed E-state index contributed by atoms with van der Waals surface area (Å²) in [5.74, 6) is 1.25. The molecule has 1 N–H and O–H groups in total. The van der Waals surface area contributed by atoms with Gasteiger partial charge in [0, 0.05) is 12.1 Å². The maximum absolute atomic E-state index is 5.73. The minimum Gasteiger partial charge on any atom is -0.375 e. The molecule has 0 aliphatic carbocycles. The van der Waals surface area contributed by atoms with Gasteiger partial charge in [0.05, 0.1) is 12.2 Å². The third-order valence-corrected chi connectivity index (χ3v) is 3.62. The van der Waals surface area contributed by atoms with Gasteiger partial charge in [0.25, 0.3) is 0 Å². The Labute approximate surface area is 98.5 Å². The topological polar surface area (TPSA) is 21.3 Å². The largest absolute Gasteiger partial charge is 0.375 e. The van der Waals surface area contributed by atoms with Crippen LogP contribution in [0.3, 0.4) is 0 Å². The molecule has 1 heterocycles. The third kappa shape index (κ3) is 5.23. The molecule has 3 atom stereocenters. The standard InChI is InChI=1S/C12H25NOS/c1-9(5-6-15-4)13-12-7-10(2)14-11(3)8-12/h9-13H,5-8H2,1-4H3. The zero-order valence-electron chi connectivity index (χ0n) is 10.5. The summed E-state index contributed by atoms with van der Waals surface area (Å²) in [5.41, 5.74) is 0. The lowest BCUT2D eigenvalue weighted by molar-refractivity contribution is -0.0433. The number of hydrogen-bond acceptors (Lipinski definition) is 3. The van der Waals surface area contributed by atoms with Crippen molar-refractivity contribution in [3.63, 3.8) is 0 Å². The van der Waals surface area contributed by atoms with E-state index in [2.05, 4.69) is 32.3 Å². The Bertz CT molecular complexity index is 167. The normalized spacial score (nSPS) is 34.0. The Balaban J connectivity index is 2.24. The van der Waals surface area contributed by atoms with Crippen LogP contribution in [-0.4, -0.2) is 36.3 Å². The van der Waals surface area contributed by atoms with Crippen LogP contribution in [0.5, 0.6) is 0 Å². The van der Waals surface area contributed by atoms with Crippen LogP contribution >= 0.6 is 11.8 Å². The van der Waals surface area contributed by atoms with Gasteiger partial charge in [-0.3, -0.25) is 0 Å². The van der Waals surface area contributed by atoms with Crippen LogP contribution in [0.1, 0.15) is 40.0 Å². The van der Waals surface area contributed by atoms with Crippen LogP contribution in [0.15, 0.2) is 0 Å². The Hall–Kier alpha value is 0.270. The Morgan fingerprint density at radius 1 is 1.33 bits per heavy atom. The number of thioether (sulfide) groups is 1. The molecular formula is C12H25NOS. The second-order valence-corrected chi connectivity index (χ2v) is 5.76. The summed E-state index contributed by atoms with van der Waals surface area (Å²) >= 11 is 1.93. The molecule has 1 aliphatic heterocycles. The molecule has 3 heteroatoms. The molecule has 1 fully saturated rings. The SMILES string of the molecule is CSCCC(C)NC1CC(C)OC(C)C1. The summed E-state index contributed by atoms with van der Waals surface area (Å²) in [6, 6.07) is 1.29. The molecule has 0 saturated carbocycles. The van der Waals surface area contributed by atoms with Gasteiger partial charge in [-0.15, -0.1) is 0 Å². The molecule has 15 heavy (non-hydrogen) atoms. The summed E-state index contributed by atoms with van der Waals surface area (Å²) in [5, 5.41) is 3.72. The molecular weight excluding hydrogens is 206 g/mol. The van der Waals surface area contributed by atoms with Gasteiger partial charge in [-0.05, 0) is 52.0 Å². The van der Waals surface area contributed by atoms with Gasteiger partial charge >= 0.3 is 0 Å². The highest BCUT2D eigenvalue weighted by molar-refractivity contribution is 7.98. The number of rotatable bonds is 5. The summed E-state index contributed by atoms with van der Waals surface area (Å²) < 4.78 is 5.73. The van der Waals surface area contributed by atoms with Crippen LogP contribution in [0.25, 0.3) is 0 Å². The fraction of sp³-hybridized carbons (Fsp3) is 1.00. The molecule has 0 radical (unpaired) electrons. The average Bonchev–Trinajstić information content (AvgIpc) is 2.13. The van der Waals surface area contributed by atoms with Gasteiger partial charge in [0.1, 0.15) is 0 Å². The van der Waals surface area contributed by atoms with Crippen molar-refractivity contribution in [3.05, 3.63) is 0 Å². The predicted octanol–water partition coefficient (Wildman–Crippen LogP) is 2.67. The first kappa shape index (κ1) is 13.3. The number of nitrogens with one attached hydrogen (secondary N) is 1. The molecule has 0 spiro atoms. The van der Waals surface area contributed by atoms with Crippen molar-refractivity contribution < 1.29 is 4.74 Å². The van der Waals surface area contributed by atoms with Crippen LogP contribution in [0.2, 0.25) is 0 Å². The Morgan fingerprint density at radius 2 is 1.93 bits per heavy atom. The van der Waals surface area contributed by atoms with Gasteiger partial charge in [-0.25, -0.2) is 0 Å². The highest BCUT2D eigenvalue weighted by atomic mass is 32.2. The van der Waals surface area contributed by atoms with E-state index in [0.717, 1.165) is 12.8 Å². The van der Waals surface area contributed by atoms with E-state index in [9.17, 15) is 0 Å². The van der Waals surface area contributed by atoms with Gasteiger partial charge < -0.3 is 10.1 Å². The van der Waals surface area contributed by atoms with Crippen LogP contribution in [0, 0.1) is 0 Å². The van der Waals surface area contributed by atoms with E-state index in [4.69, 9.17) is 4.74 Å². The van der Waals surface area contributed by atoms with Gasteiger partial charge in [0.15, 0.2) is 0 Å². The van der Waals surface area contributed by atoms with E-state index in [1.165, 1.54) is 12.2 Å². The van der Waals surface area contributed by atoms with Crippen LogP contribution in [-0.2, 0) is 4.74 Å². The highest BCUT2D eigenvalue weighted by Crippen LogP contribution is 2.19. The molecule has 0 aromatic carbocycles. The van der Waals surface area contributed by atoms with Crippen LogP contribution in [0.4, 0.5) is 0 Å². The summed E-state index contributed by atoms with van der Waals surface area (Å²) in [4.78, 5) is 0. The van der Waals surface area contributed by atoms with E-state index in [1.807, 2.05) is 11.8 Å². The number of ether oxygens (including phenoxy) is 1. The first-order chi connectivity index (χ1) is 7.11. The smallest absolute Gasteiger partial charge is 0.0565 e. The van der Waals surface area contributed by atoms with Gasteiger partial charge in [0.2, 0.25) is 0 Å². The first-order valence-corrected chi connectivity index (χ1v) is 7.41. The molecule has 0 aromatic rings. The second-order valence-electron chi connectivity index (χ2n) is 4.77. The average molecular weight is 231 g/mol. The van der Waals surface area contributed by atoms with Crippen molar-refractivity contribution in [2.75, 3.05) is 12.0 Å². The van der Waals surface area contributed by atoms with E-state index >= 15 is 0 Å². The fourth-order valence-corrected chi connectivity index (χ4v) is 2.91. The first-order valence-electron chi connectivity index (χ1n) is 6.02. The maximum Gasteiger partial charge on any atom is 0.0565 e. The Kier molecular flexibility index (Phi) is 6.02. The predicted molar refractivity (Wildman–Crippen MR) is 68.6 cm³/mol. The van der Waals surface area contributed by atoms with E-state index < -0.39 is 0 Å². The van der Waals surface area contributed by atoms with Crippen LogP contribution < -0.4 is 5.32 Å². The molecule has 0 amide bonds. The van der Waals surface area contributed by atoms with Gasteiger partial charge in [-0.1, -0.05) is 0 Å².